The van der Waals surface area contributed by atoms with E-state index >= 15 is 0 Å². The molecule has 104 valence electrons. The van der Waals surface area contributed by atoms with Crippen molar-refractivity contribution in [3.8, 4) is 0 Å². The van der Waals surface area contributed by atoms with E-state index < -0.39 is 0 Å². The molecule has 3 heterocycles. The van der Waals surface area contributed by atoms with Gasteiger partial charge in [0, 0.05) is 23.7 Å². The van der Waals surface area contributed by atoms with Crippen LogP contribution in [0, 0.1) is 20.8 Å². The maximum absolute atomic E-state index is 12.4. The summed E-state index contributed by atoms with van der Waals surface area (Å²) in [4.78, 5) is 12.4. The van der Waals surface area contributed by atoms with Crippen LogP contribution in [0.4, 0.5) is 0 Å². The first kappa shape index (κ1) is 12.7. The van der Waals surface area contributed by atoms with Crippen LogP contribution in [-0.4, -0.2) is 24.0 Å². The number of amides is 1. The van der Waals surface area contributed by atoms with Crippen molar-refractivity contribution in [2.45, 2.75) is 64.6 Å². The van der Waals surface area contributed by atoms with Crippen molar-refractivity contribution in [2.24, 2.45) is 0 Å². The number of nitrogens with one attached hydrogen (secondary N) is 2. The molecular formula is C15H22N2O2. The molecular weight excluding hydrogens is 240 g/mol. The molecule has 1 aromatic rings. The normalized spacial score (nSPS) is 29.5. The molecule has 0 aliphatic carbocycles. The summed E-state index contributed by atoms with van der Waals surface area (Å²) in [5.41, 5.74) is 1.69. The zero-order valence-electron chi connectivity index (χ0n) is 11.9. The van der Waals surface area contributed by atoms with Crippen molar-refractivity contribution < 1.29 is 9.21 Å². The lowest BCUT2D eigenvalue weighted by atomic mass is 9.99. The molecule has 2 atom stereocenters. The van der Waals surface area contributed by atoms with E-state index in [0.29, 0.717) is 18.1 Å². The van der Waals surface area contributed by atoms with Crippen LogP contribution in [0.1, 0.15) is 53.1 Å². The first-order valence-corrected chi connectivity index (χ1v) is 7.18. The molecule has 0 spiro atoms. The Bertz CT molecular complexity index is 494. The van der Waals surface area contributed by atoms with Gasteiger partial charge in [-0.15, -0.1) is 0 Å². The van der Waals surface area contributed by atoms with Crippen molar-refractivity contribution in [2.75, 3.05) is 0 Å². The number of hydrogen-bond acceptors (Lipinski definition) is 3. The average Bonchev–Trinajstić information content (AvgIpc) is 2.80. The standard InChI is InChI=1S/C15H22N2O2/c1-8-9(2)19-10(3)14(8)15(18)17-13-6-11-4-5-12(7-13)16-11/h11-13,16H,4-7H2,1-3H3,(H,17,18). The predicted molar refractivity (Wildman–Crippen MR) is 73.4 cm³/mol. The molecule has 2 saturated heterocycles. The van der Waals surface area contributed by atoms with E-state index in [1.165, 1.54) is 12.8 Å². The number of carbonyl (C=O) groups excluding carboxylic acids is 1. The molecule has 2 N–H and O–H groups in total. The number of rotatable bonds is 2. The van der Waals surface area contributed by atoms with Crippen molar-refractivity contribution >= 4 is 5.91 Å². The van der Waals surface area contributed by atoms with Crippen LogP contribution in [0.2, 0.25) is 0 Å². The summed E-state index contributed by atoms with van der Waals surface area (Å²) in [6.07, 6.45) is 4.61. The fourth-order valence-corrected chi connectivity index (χ4v) is 3.56. The zero-order chi connectivity index (χ0) is 13.6. The fraction of sp³-hybridized carbons (Fsp3) is 0.667. The number of carbonyl (C=O) groups is 1. The van der Waals surface area contributed by atoms with E-state index in [0.717, 1.165) is 35.5 Å². The van der Waals surface area contributed by atoms with E-state index in [1.54, 1.807) is 0 Å². The predicted octanol–water partition coefficient (Wildman–Crippen LogP) is 2.22. The molecule has 0 aromatic carbocycles. The van der Waals surface area contributed by atoms with Crippen LogP contribution in [0.3, 0.4) is 0 Å². The summed E-state index contributed by atoms with van der Waals surface area (Å²) in [5, 5.41) is 6.78. The number of hydrogen-bond donors (Lipinski definition) is 2. The second kappa shape index (κ2) is 4.67. The maximum atomic E-state index is 12.4. The first-order chi connectivity index (χ1) is 9.04. The van der Waals surface area contributed by atoms with Gasteiger partial charge in [-0.05, 0) is 46.5 Å². The Morgan fingerprint density at radius 3 is 2.32 bits per heavy atom. The summed E-state index contributed by atoms with van der Waals surface area (Å²) in [6.45, 7) is 5.72. The van der Waals surface area contributed by atoms with Gasteiger partial charge < -0.3 is 15.1 Å². The molecule has 1 amide bonds. The second-order valence-corrected chi connectivity index (χ2v) is 5.99. The van der Waals surface area contributed by atoms with Gasteiger partial charge >= 0.3 is 0 Å². The van der Waals surface area contributed by atoms with Crippen molar-refractivity contribution in [1.82, 2.24) is 10.6 Å². The molecule has 2 bridgehead atoms. The highest BCUT2D eigenvalue weighted by Crippen LogP contribution is 2.27. The Morgan fingerprint density at radius 2 is 1.79 bits per heavy atom. The lowest BCUT2D eigenvalue weighted by Crippen LogP contribution is -2.48. The number of furan rings is 1. The molecule has 1 aromatic heterocycles. The van der Waals surface area contributed by atoms with Gasteiger partial charge in [0.2, 0.25) is 0 Å². The van der Waals surface area contributed by atoms with E-state index in [9.17, 15) is 4.79 Å². The topological polar surface area (TPSA) is 54.3 Å². The molecule has 0 radical (unpaired) electrons. The second-order valence-electron chi connectivity index (χ2n) is 5.99. The van der Waals surface area contributed by atoms with Gasteiger partial charge in [-0.25, -0.2) is 0 Å². The van der Waals surface area contributed by atoms with Gasteiger partial charge in [-0.1, -0.05) is 0 Å². The highest BCUT2D eigenvalue weighted by molar-refractivity contribution is 5.97. The Balaban J connectivity index is 1.71. The molecule has 4 heteroatoms. The third-order valence-corrected chi connectivity index (χ3v) is 4.60. The van der Waals surface area contributed by atoms with Gasteiger partial charge in [0.05, 0.1) is 5.56 Å². The summed E-state index contributed by atoms with van der Waals surface area (Å²) in [7, 11) is 0. The number of piperidine rings is 1. The Labute approximate surface area is 113 Å². The Kier molecular flexibility index (Phi) is 3.13. The highest BCUT2D eigenvalue weighted by atomic mass is 16.3. The minimum Gasteiger partial charge on any atom is -0.466 e. The van der Waals surface area contributed by atoms with Crippen LogP contribution in [0.15, 0.2) is 4.42 Å². The molecule has 2 fully saturated rings. The smallest absolute Gasteiger partial charge is 0.255 e. The summed E-state index contributed by atoms with van der Waals surface area (Å²) >= 11 is 0. The van der Waals surface area contributed by atoms with Gasteiger partial charge in [0.25, 0.3) is 5.91 Å². The monoisotopic (exact) mass is 262 g/mol. The molecule has 2 unspecified atom stereocenters. The Morgan fingerprint density at radius 1 is 1.16 bits per heavy atom. The maximum Gasteiger partial charge on any atom is 0.255 e. The minimum absolute atomic E-state index is 0.0261. The summed E-state index contributed by atoms with van der Waals surface area (Å²) in [6, 6.07) is 1.50. The minimum atomic E-state index is 0.0261. The SMILES string of the molecule is Cc1oc(C)c(C(=O)NC2CC3CCC(C2)N3)c1C. The van der Waals surface area contributed by atoms with Gasteiger partial charge in [-0.2, -0.15) is 0 Å². The molecule has 2 aliphatic rings. The largest absolute Gasteiger partial charge is 0.466 e. The lowest BCUT2D eigenvalue weighted by molar-refractivity contribution is 0.0922. The van der Waals surface area contributed by atoms with Gasteiger partial charge in [0.1, 0.15) is 11.5 Å². The third-order valence-electron chi connectivity index (χ3n) is 4.60. The van der Waals surface area contributed by atoms with Gasteiger partial charge in [0.15, 0.2) is 0 Å². The molecule has 2 aliphatic heterocycles. The lowest BCUT2D eigenvalue weighted by Gasteiger charge is -2.29. The van der Waals surface area contributed by atoms with E-state index in [-0.39, 0.29) is 5.91 Å². The Hall–Kier alpha value is -1.29. The molecule has 4 nitrogen and oxygen atoms in total. The van der Waals surface area contributed by atoms with Crippen molar-refractivity contribution in [3.63, 3.8) is 0 Å². The van der Waals surface area contributed by atoms with Crippen LogP contribution in [0.5, 0.6) is 0 Å². The first-order valence-electron chi connectivity index (χ1n) is 7.18. The fourth-order valence-electron chi connectivity index (χ4n) is 3.56. The third kappa shape index (κ3) is 2.29. The summed E-state index contributed by atoms with van der Waals surface area (Å²) < 4.78 is 5.54. The molecule has 19 heavy (non-hydrogen) atoms. The van der Waals surface area contributed by atoms with Crippen LogP contribution in [-0.2, 0) is 0 Å². The van der Waals surface area contributed by atoms with Crippen LogP contribution in [0.25, 0.3) is 0 Å². The highest BCUT2D eigenvalue weighted by Gasteiger charge is 2.34. The van der Waals surface area contributed by atoms with Crippen LogP contribution >= 0.6 is 0 Å². The summed E-state index contributed by atoms with van der Waals surface area (Å²) in [5.74, 6) is 1.59. The molecule has 0 saturated carbocycles. The van der Waals surface area contributed by atoms with Crippen molar-refractivity contribution in [1.29, 1.82) is 0 Å². The zero-order valence-corrected chi connectivity index (χ0v) is 11.9. The van der Waals surface area contributed by atoms with E-state index in [2.05, 4.69) is 10.6 Å². The van der Waals surface area contributed by atoms with E-state index in [4.69, 9.17) is 4.42 Å². The average molecular weight is 262 g/mol. The van der Waals surface area contributed by atoms with E-state index in [1.807, 2.05) is 20.8 Å². The number of fused-ring (bicyclic) bond motifs is 2. The molecule has 3 rings (SSSR count). The van der Waals surface area contributed by atoms with Gasteiger partial charge in [-0.3, -0.25) is 4.79 Å². The van der Waals surface area contributed by atoms with Crippen LogP contribution < -0.4 is 10.6 Å². The quantitative estimate of drug-likeness (QED) is 0.859. The number of aryl methyl sites for hydroxylation is 2. The van der Waals surface area contributed by atoms with Crippen molar-refractivity contribution in [3.05, 3.63) is 22.6 Å².